The molecule has 4 nitrogen and oxygen atoms in total. The van der Waals surface area contributed by atoms with Crippen molar-refractivity contribution in [2.24, 2.45) is 5.73 Å². The van der Waals surface area contributed by atoms with Crippen molar-refractivity contribution >= 4 is 22.4 Å². The van der Waals surface area contributed by atoms with Crippen LogP contribution in [0.2, 0.25) is 0 Å². The predicted molar refractivity (Wildman–Crippen MR) is 69.5 cm³/mol. The van der Waals surface area contributed by atoms with E-state index in [9.17, 15) is 21.6 Å². The van der Waals surface area contributed by atoms with Gasteiger partial charge in [0.05, 0.1) is 0 Å². The van der Waals surface area contributed by atoms with E-state index < -0.39 is 32.4 Å². The average Bonchev–Trinajstić information content (AvgIpc) is 2.36. The lowest BCUT2D eigenvalue weighted by Crippen LogP contribution is -2.43. The monoisotopic (exact) mass is 330 g/mol. The zero-order valence-electron chi connectivity index (χ0n) is 10.4. The molecule has 0 saturated carbocycles. The Morgan fingerprint density at radius 1 is 1.10 bits per heavy atom. The summed E-state index contributed by atoms with van der Waals surface area (Å²) in [7, 11) is -4.16. The van der Waals surface area contributed by atoms with E-state index in [1.165, 1.54) is 0 Å². The number of hydrogen-bond acceptors (Lipinski definition) is 3. The Balaban J connectivity index is 0.00000200. The van der Waals surface area contributed by atoms with Crippen molar-refractivity contribution in [1.29, 1.82) is 0 Å². The highest BCUT2D eigenvalue weighted by Crippen LogP contribution is 2.25. The van der Waals surface area contributed by atoms with Crippen molar-refractivity contribution in [2.45, 2.75) is 23.8 Å². The maximum absolute atomic E-state index is 13.5. The van der Waals surface area contributed by atoms with Crippen LogP contribution in [-0.4, -0.2) is 31.9 Å². The smallest absolute Gasteiger partial charge is 0.246 e. The molecule has 0 atom stereocenters. The molecule has 9 heteroatoms. The van der Waals surface area contributed by atoms with Gasteiger partial charge in [0.15, 0.2) is 17.5 Å². The normalized spacial score (nSPS) is 17.8. The number of rotatable bonds is 2. The molecule has 0 aliphatic carbocycles. The molecule has 0 unspecified atom stereocenters. The van der Waals surface area contributed by atoms with Crippen LogP contribution >= 0.6 is 12.4 Å². The minimum atomic E-state index is -4.16. The SMILES string of the molecule is Cl.NC1CCN(S(=O)(=O)c2ccc(F)c(F)c2F)CC1. The van der Waals surface area contributed by atoms with Crippen molar-refractivity contribution in [1.82, 2.24) is 4.31 Å². The van der Waals surface area contributed by atoms with Gasteiger partial charge in [0.2, 0.25) is 10.0 Å². The molecule has 0 aromatic heterocycles. The minimum Gasteiger partial charge on any atom is -0.328 e. The number of nitrogens with zero attached hydrogens (tertiary/aromatic N) is 1. The molecule has 0 bridgehead atoms. The molecule has 20 heavy (non-hydrogen) atoms. The fourth-order valence-corrected chi connectivity index (χ4v) is 3.49. The second kappa shape index (κ2) is 6.30. The maximum Gasteiger partial charge on any atom is 0.246 e. The number of piperidine rings is 1. The summed E-state index contributed by atoms with van der Waals surface area (Å²) in [5.74, 6) is -4.89. The van der Waals surface area contributed by atoms with Crippen LogP contribution in [0.15, 0.2) is 17.0 Å². The average molecular weight is 331 g/mol. The van der Waals surface area contributed by atoms with Crippen molar-refractivity contribution in [3.63, 3.8) is 0 Å². The Labute approximate surface area is 121 Å². The van der Waals surface area contributed by atoms with Crippen molar-refractivity contribution in [3.05, 3.63) is 29.6 Å². The molecular formula is C11H14ClF3N2O2S. The highest BCUT2D eigenvalue weighted by atomic mass is 35.5. The van der Waals surface area contributed by atoms with Gasteiger partial charge in [-0.2, -0.15) is 4.31 Å². The number of sulfonamides is 1. The zero-order chi connectivity index (χ0) is 14.2. The lowest BCUT2D eigenvalue weighted by molar-refractivity contribution is 0.318. The van der Waals surface area contributed by atoms with Gasteiger partial charge >= 0.3 is 0 Å². The van der Waals surface area contributed by atoms with Gasteiger partial charge in [0.25, 0.3) is 0 Å². The van der Waals surface area contributed by atoms with Crippen LogP contribution < -0.4 is 5.73 Å². The van der Waals surface area contributed by atoms with Gasteiger partial charge in [0, 0.05) is 19.1 Å². The molecule has 0 spiro atoms. The van der Waals surface area contributed by atoms with E-state index in [0.29, 0.717) is 18.9 Å². The summed E-state index contributed by atoms with van der Waals surface area (Å²) in [5.41, 5.74) is 5.65. The lowest BCUT2D eigenvalue weighted by atomic mass is 10.1. The molecule has 1 heterocycles. The zero-order valence-corrected chi connectivity index (χ0v) is 12.0. The van der Waals surface area contributed by atoms with E-state index >= 15 is 0 Å². The first-order chi connectivity index (χ1) is 8.84. The highest BCUT2D eigenvalue weighted by Gasteiger charge is 2.32. The standard InChI is InChI=1S/C11H13F3N2O2S.ClH/c12-8-1-2-9(11(14)10(8)13)19(17,18)16-5-3-7(15)4-6-16;/h1-2,7H,3-6,15H2;1H. The summed E-state index contributed by atoms with van der Waals surface area (Å²) in [4.78, 5) is -0.845. The highest BCUT2D eigenvalue weighted by molar-refractivity contribution is 7.89. The Hall–Kier alpha value is -0.830. The summed E-state index contributed by atoms with van der Waals surface area (Å²) < 4.78 is 64.7. The third kappa shape index (κ3) is 3.08. The number of hydrogen-bond donors (Lipinski definition) is 1. The van der Waals surface area contributed by atoms with Gasteiger partial charge in [-0.15, -0.1) is 12.4 Å². The molecule has 114 valence electrons. The van der Waals surface area contributed by atoms with Gasteiger partial charge in [-0.05, 0) is 25.0 Å². The van der Waals surface area contributed by atoms with E-state index in [4.69, 9.17) is 5.73 Å². The van der Waals surface area contributed by atoms with Gasteiger partial charge in [-0.25, -0.2) is 21.6 Å². The fourth-order valence-electron chi connectivity index (χ4n) is 1.96. The molecule has 1 aromatic rings. The Morgan fingerprint density at radius 2 is 1.65 bits per heavy atom. The van der Waals surface area contributed by atoms with Gasteiger partial charge < -0.3 is 5.73 Å². The van der Waals surface area contributed by atoms with Gasteiger partial charge in [-0.1, -0.05) is 0 Å². The van der Waals surface area contributed by atoms with Crippen LogP contribution in [0.3, 0.4) is 0 Å². The summed E-state index contributed by atoms with van der Waals surface area (Å²) in [6, 6.07) is 1.24. The van der Waals surface area contributed by atoms with Crippen molar-refractivity contribution < 1.29 is 21.6 Å². The fraction of sp³-hybridized carbons (Fsp3) is 0.455. The molecule has 1 fully saturated rings. The van der Waals surface area contributed by atoms with Gasteiger partial charge in [-0.3, -0.25) is 0 Å². The van der Waals surface area contributed by atoms with Crippen LogP contribution in [-0.2, 0) is 10.0 Å². The lowest BCUT2D eigenvalue weighted by Gasteiger charge is -2.29. The Morgan fingerprint density at radius 3 is 2.20 bits per heavy atom. The molecule has 0 radical (unpaired) electrons. The largest absolute Gasteiger partial charge is 0.328 e. The summed E-state index contributed by atoms with van der Waals surface area (Å²) in [5, 5.41) is 0. The van der Waals surface area contributed by atoms with Gasteiger partial charge in [0.1, 0.15) is 4.90 Å². The Kier molecular flexibility index (Phi) is 5.42. The van der Waals surface area contributed by atoms with E-state index in [1.807, 2.05) is 0 Å². The molecule has 1 saturated heterocycles. The van der Waals surface area contributed by atoms with Crippen LogP contribution in [0.25, 0.3) is 0 Å². The third-order valence-corrected chi connectivity index (χ3v) is 5.03. The second-order valence-corrected chi connectivity index (χ2v) is 6.32. The van der Waals surface area contributed by atoms with E-state index in [0.717, 1.165) is 10.4 Å². The van der Waals surface area contributed by atoms with Crippen LogP contribution in [0.4, 0.5) is 13.2 Å². The summed E-state index contributed by atoms with van der Waals surface area (Å²) in [6.07, 6.45) is 0.898. The van der Waals surface area contributed by atoms with E-state index in [-0.39, 0.29) is 31.5 Å². The molecule has 1 aliphatic rings. The van der Waals surface area contributed by atoms with E-state index in [2.05, 4.69) is 0 Å². The molecule has 1 aromatic carbocycles. The summed E-state index contributed by atoms with van der Waals surface area (Å²) in [6.45, 7) is 0.282. The van der Waals surface area contributed by atoms with Crippen LogP contribution in [0.1, 0.15) is 12.8 Å². The van der Waals surface area contributed by atoms with Crippen molar-refractivity contribution in [2.75, 3.05) is 13.1 Å². The Bertz CT molecular complexity index is 590. The first kappa shape index (κ1) is 17.2. The van der Waals surface area contributed by atoms with Crippen molar-refractivity contribution in [3.8, 4) is 0 Å². The van der Waals surface area contributed by atoms with E-state index in [1.54, 1.807) is 0 Å². The second-order valence-electron chi connectivity index (χ2n) is 4.42. The minimum absolute atomic E-state index is 0. The molecule has 2 rings (SSSR count). The quantitative estimate of drug-likeness (QED) is 0.838. The molecule has 2 N–H and O–H groups in total. The maximum atomic E-state index is 13.5. The molecule has 1 aliphatic heterocycles. The number of halogens is 4. The number of benzene rings is 1. The first-order valence-electron chi connectivity index (χ1n) is 5.73. The first-order valence-corrected chi connectivity index (χ1v) is 7.17. The molecular weight excluding hydrogens is 317 g/mol. The third-order valence-electron chi connectivity index (χ3n) is 3.12. The number of nitrogens with two attached hydrogens (primary N) is 1. The topological polar surface area (TPSA) is 63.4 Å². The predicted octanol–water partition coefficient (Wildman–Crippen LogP) is 1.64. The molecule has 0 amide bonds. The van der Waals surface area contributed by atoms with Crippen LogP contribution in [0, 0.1) is 17.5 Å². The summed E-state index contributed by atoms with van der Waals surface area (Å²) >= 11 is 0. The van der Waals surface area contributed by atoms with Crippen LogP contribution in [0.5, 0.6) is 0 Å².